The number of ether oxygens (including phenoxy) is 1. The van der Waals surface area contributed by atoms with E-state index in [1.807, 2.05) is 6.07 Å². The minimum absolute atomic E-state index is 0.0308. The predicted octanol–water partition coefficient (Wildman–Crippen LogP) is 0.808. The Labute approximate surface area is 103 Å². The number of hydrogen-bond acceptors (Lipinski definition) is 5. The minimum Gasteiger partial charge on any atom is -0.447 e. The highest BCUT2D eigenvalue weighted by Crippen LogP contribution is 2.14. The van der Waals surface area contributed by atoms with Crippen LogP contribution in [0.3, 0.4) is 0 Å². The summed E-state index contributed by atoms with van der Waals surface area (Å²) < 4.78 is 6.41. The maximum Gasteiger partial charge on any atom is 0.411 e. The molecule has 0 aliphatic heterocycles. The normalized spacial score (nSPS) is 10.1. The van der Waals surface area contributed by atoms with Crippen LogP contribution in [-0.4, -0.2) is 39.2 Å². The second-order valence-corrected chi connectivity index (χ2v) is 3.40. The quantitative estimate of drug-likeness (QED) is 0.835. The smallest absolute Gasteiger partial charge is 0.411 e. The standard InChI is InChI=1S/C11H12N4O3/c16-4-5-18-11(17)14-9-2-1-3-10(6-9)15-7-12-13-8-15/h1-3,6-8,16H,4-5H2,(H,14,17). The van der Waals surface area contributed by atoms with Gasteiger partial charge in [-0.05, 0) is 18.2 Å². The summed E-state index contributed by atoms with van der Waals surface area (Å²) in [6, 6.07) is 7.13. The first-order valence-corrected chi connectivity index (χ1v) is 5.29. The monoisotopic (exact) mass is 248 g/mol. The molecule has 2 rings (SSSR count). The van der Waals surface area contributed by atoms with E-state index in [0.717, 1.165) is 5.69 Å². The molecule has 0 aliphatic carbocycles. The number of aliphatic hydroxyl groups excluding tert-OH is 1. The predicted molar refractivity (Wildman–Crippen MR) is 63.4 cm³/mol. The van der Waals surface area contributed by atoms with Crippen molar-refractivity contribution in [1.29, 1.82) is 0 Å². The van der Waals surface area contributed by atoms with E-state index >= 15 is 0 Å². The Balaban J connectivity index is 2.06. The number of nitrogens with zero attached hydrogens (tertiary/aromatic N) is 3. The molecule has 0 aliphatic rings. The van der Waals surface area contributed by atoms with Crippen LogP contribution in [0.15, 0.2) is 36.9 Å². The molecule has 1 heterocycles. The number of aromatic nitrogens is 3. The molecule has 1 aromatic heterocycles. The molecule has 7 nitrogen and oxygen atoms in total. The second-order valence-electron chi connectivity index (χ2n) is 3.40. The fourth-order valence-electron chi connectivity index (χ4n) is 1.37. The first-order valence-electron chi connectivity index (χ1n) is 5.29. The summed E-state index contributed by atoms with van der Waals surface area (Å²) in [7, 11) is 0. The van der Waals surface area contributed by atoms with Crippen LogP contribution in [0, 0.1) is 0 Å². The van der Waals surface area contributed by atoms with Crippen molar-refractivity contribution in [1.82, 2.24) is 14.8 Å². The lowest BCUT2D eigenvalue weighted by molar-refractivity contribution is 0.131. The Morgan fingerprint density at radius 2 is 2.17 bits per heavy atom. The number of benzene rings is 1. The van der Waals surface area contributed by atoms with Gasteiger partial charge < -0.3 is 9.84 Å². The lowest BCUT2D eigenvalue weighted by atomic mass is 10.3. The summed E-state index contributed by atoms with van der Waals surface area (Å²) in [5.74, 6) is 0. The van der Waals surface area contributed by atoms with Crippen molar-refractivity contribution in [3.05, 3.63) is 36.9 Å². The lowest BCUT2D eigenvalue weighted by Gasteiger charge is -2.07. The van der Waals surface area contributed by atoms with Crippen LogP contribution in [0.2, 0.25) is 0 Å². The Kier molecular flexibility index (Phi) is 3.87. The number of nitrogens with one attached hydrogen (secondary N) is 1. The molecule has 0 bridgehead atoms. The molecule has 7 heteroatoms. The van der Waals surface area contributed by atoms with Crippen LogP contribution in [0.1, 0.15) is 0 Å². The van der Waals surface area contributed by atoms with Gasteiger partial charge >= 0.3 is 6.09 Å². The van der Waals surface area contributed by atoms with Gasteiger partial charge in [0.05, 0.1) is 12.3 Å². The molecule has 2 aromatic rings. The second kappa shape index (κ2) is 5.78. The van der Waals surface area contributed by atoms with Crippen LogP contribution < -0.4 is 5.32 Å². The first kappa shape index (κ1) is 12.1. The third-order valence-corrected chi connectivity index (χ3v) is 2.13. The van der Waals surface area contributed by atoms with E-state index in [1.165, 1.54) is 0 Å². The molecule has 0 radical (unpaired) electrons. The molecular formula is C11H12N4O3. The molecule has 0 saturated heterocycles. The minimum atomic E-state index is -0.607. The number of rotatable bonds is 4. The van der Waals surface area contributed by atoms with Gasteiger partial charge in [-0.25, -0.2) is 4.79 Å². The van der Waals surface area contributed by atoms with Crippen molar-refractivity contribution in [2.75, 3.05) is 18.5 Å². The fraction of sp³-hybridized carbons (Fsp3) is 0.182. The topological polar surface area (TPSA) is 89.3 Å². The summed E-state index contributed by atoms with van der Waals surface area (Å²) in [6.07, 6.45) is 2.51. The molecule has 2 N–H and O–H groups in total. The zero-order valence-corrected chi connectivity index (χ0v) is 9.48. The number of aliphatic hydroxyl groups is 1. The molecule has 0 fully saturated rings. The van der Waals surface area contributed by atoms with Crippen molar-refractivity contribution in [3.63, 3.8) is 0 Å². The van der Waals surface area contributed by atoms with E-state index in [1.54, 1.807) is 35.4 Å². The summed E-state index contributed by atoms with van der Waals surface area (Å²) in [4.78, 5) is 11.3. The third kappa shape index (κ3) is 3.05. The van der Waals surface area contributed by atoms with Gasteiger partial charge in [-0.3, -0.25) is 9.88 Å². The van der Waals surface area contributed by atoms with Crippen LogP contribution in [0.4, 0.5) is 10.5 Å². The molecule has 0 saturated carbocycles. The Hall–Kier alpha value is -2.41. The van der Waals surface area contributed by atoms with E-state index in [0.29, 0.717) is 5.69 Å². The molecule has 0 atom stereocenters. The molecule has 1 aromatic carbocycles. The first-order chi connectivity index (χ1) is 8.79. The van der Waals surface area contributed by atoms with E-state index in [2.05, 4.69) is 15.5 Å². The number of amides is 1. The SMILES string of the molecule is O=C(Nc1cccc(-n2cnnc2)c1)OCCO. The largest absolute Gasteiger partial charge is 0.447 e. The van der Waals surface area contributed by atoms with Crippen LogP contribution in [0.25, 0.3) is 5.69 Å². The van der Waals surface area contributed by atoms with Crippen molar-refractivity contribution >= 4 is 11.8 Å². The number of hydrogen-bond donors (Lipinski definition) is 2. The Morgan fingerprint density at radius 1 is 1.39 bits per heavy atom. The van der Waals surface area contributed by atoms with Crippen molar-refractivity contribution < 1.29 is 14.6 Å². The third-order valence-electron chi connectivity index (χ3n) is 2.13. The Morgan fingerprint density at radius 3 is 2.89 bits per heavy atom. The van der Waals surface area contributed by atoms with Gasteiger partial charge in [0, 0.05) is 5.69 Å². The summed E-state index contributed by atoms with van der Waals surface area (Å²) >= 11 is 0. The fourth-order valence-corrected chi connectivity index (χ4v) is 1.37. The van der Waals surface area contributed by atoms with Crippen LogP contribution >= 0.6 is 0 Å². The van der Waals surface area contributed by atoms with Crippen LogP contribution in [0.5, 0.6) is 0 Å². The number of anilines is 1. The van der Waals surface area contributed by atoms with Crippen molar-refractivity contribution in [2.45, 2.75) is 0 Å². The van der Waals surface area contributed by atoms with Gasteiger partial charge in [0.25, 0.3) is 0 Å². The molecule has 0 spiro atoms. The zero-order valence-electron chi connectivity index (χ0n) is 9.48. The summed E-state index contributed by atoms with van der Waals surface area (Å²) in [5, 5.41) is 18.5. The van der Waals surface area contributed by atoms with E-state index in [9.17, 15) is 4.79 Å². The van der Waals surface area contributed by atoms with Gasteiger partial charge in [0.15, 0.2) is 0 Å². The van der Waals surface area contributed by atoms with Crippen molar-refractivity contribution in [3.8, 4) is 5.69 Å². The highest BCUT2D eigenvalue weighted by molar-refractivity contribution is 5.84. The number of carbonyl (C=O) groups excluding carboxylic acids is 1. The summed E-state index contributed by atoms with van der Waals surface area (Å²) in [5.41, 5.74) is 1.41. The zero-order chi connectivity index (χ0) is 12.8. The molecule has 1 amide bonds. The molecular weight excluding hydrogens is 236 g/mol. The van der Waals surface area contributed by atoms with Crippen LogP contribution in [-0.2, 0) is 4.74 Å². The van der Waals surface area contributed by atoms with E-state index in [4.69, 9.17) is 9.84 Å². The van der Waals surface area contributed by atoms with Gasteiger partial charge in [0.1, 0.15) is 19.3 Å². The average molecular weight is 248 g/mol. The van der Waals surface area contributed by atoms with Crippen molar-refractivity contribution in [2.24, 2.45) is 0 Å². The highest BCUT2D eigenvalue weighted by Gasteiger charge is 2.04. The van der Waals surface area contributed by atoms with E-state index < -0.39 is 6.09 Å². The number of carbonyl (C=O) groups is 1. The van der Waals surface area contributed by atoms with Gasteiger partial charge in [0.2, 0.25) is 0 Å². The van der Waals surface area contributed by atoms with Gasteiger partial charge in [-0.2, -0.15) is 0 Å². The van der Waals surface area contributed by atoms with Gasteiger partial charge in [-0.15, -0.1) is 10.2 Å². The maximum atomic E-state index is 11.3. The lowest BCUT2D eigenvalue weighted by Crippen LogP contribution is -2.15. The highest BCUT2D eigenvalue weighted by atomic mass is 16.6. The molecule has 0 unspecified atom stereocenters. The summed E-state index contributed by atoms with van der Waals surface area (Å²) in [6.45, 7) is -0.231. The molecule has 94 valence electrons. The van der Waals surface area contributed by atoms with Gasteiger partial charge in [-0.1, -0.05) is 6.07 Å². The maximum absolute atomic E-state index is 11.3. The average Bonchev–Trinajstić information content (AvgIpc) is 2.90. The molecule has 18 heavy (non-hydrogen) atoms. The van der Waals surface area contributed by atoms with E-state index in [-0.39, 0.29) is 13.2 Å². The Bertz CT molecular complexity index is 513.